The molecule has 0 saturated carbocycles. The number of carbonyl (C=O) groups is 1. The predicted octanol–water partition coefficient (Wildman–Crippen LogP) is 2.11. The molecular weight excluding hydrogens is 166 g/mol. The molecule has 0 spiro atoms. The van der Waals surface area contributed by atoms with Crippen LogP contribution in [0.2, 0.25) is 0 Å². The summed E-state index contributed by atoms with van der Waals surface area (Å²) < 4.78 is 0. The molecule has 0 aromatic rings. The van der Waals surface area contributed by atoms with Gasteiger partial charge in [-0.2, -0.15) is 0 Å². The van der Waals surface area contributed by atoms with Crippen molar-refractivity contribution in [3.05, 3.63) is 0 Å². The zero-order valence-corrected chi connectivity index (χ0v) is 9.21. The van der Waals surface area contributed by atoms with Gasteiger partial charge in [0.25, 0.3) is 0 Å². The minimum Gasteiger partial charge on any atom is -0.481 e. The molecule has 3 N–H and O–H groups in total. The van der Waals surface area contributed by atoms with Crippen molar-refractivity contribution in [2.45, 2.75) is 40.5 Å². The van der Waals surface area contributed by atoms with Gasteiger partial charge in [0, 0.05) is 6.42 Å². The summed E-state index contributed by atoms with van der Waals surface area (Å²) in [7, 11) is 0. The van der Waals surface area contributed by atoms with Gasteiger partial charge in [-0.3, -0.25) is 4.79 Å². The first-order chi connectivity index (χ1) is 6.06. The number of aliphatic carboxylic acids is 1. The van der Waals surface area contributed by atoms with Crippen LogP contribution >= 0.6 is 0 Å². The molecule has 13 heavy (non-hydrogen) atoms. The average molecular weight is 189 g/mol. The second-order valence-electron chi connectivity index (χ2n) is 3.33. The standard InChI is InChI=1S/C8H17NO2.C2H6/c1-6(2)3-7(5-9)4-8(10)11;1-2/h6-7H,3-5,9H2,1-2H3,(H,10,11);1-2H3/t7-;/m0./s1. The van der Waals surface area contributed by atoms with Gasteiger partial charge in [0.15, 0.2) is 0 Å². The van der Waals surface area contributed by atoms with Gasteiger partial charge in [-0.15, -0.1) is 0 Å². The van der Waals surface area contributed by atoms with Crippen molar-refractivity contribution in [1.29, 1.82) is 0 Å². The Bertz CT molecular complexity index is 124. The molecule has 1 atom stereocenters. The van der Waals surface area contributed by atoms with E-state index in [1.807, 2.05) is 13.8 Å². The Hall–Kier alpha value is -0.570. The van der Waals surface area contributed by atoms with Crippen LogP contribution < -0.4 is 5.73 Å². The number of carboxylic acid groups (broad SMARTS) is 1. The fraction of sp³-hybridized carbons (Fsp3) is 0.900. The highest BCUT2D eigenvalue weighted by Gasteiger charge is 2.12. The number of carboxylic acids is 1. The van der Waals surface area contributed by atoms with E-state index < -0.39 is 5.97 Å². The largest absolute Gasteiger partial charge is 0.481 e. The molecule has 0 unspecified atom stereocenters. The third-order valence-corrected chi connectivity index (χ3v) is 1.60. The van der Waals surface area contributed by atoms with E-state index in [0.29, 0.717) is 12.5 Å². The van der Waals surface area contributed by atoms with Gasteiger partial charge in [0.05, 0.1) is 0 Å². The van der Waals surface area contributed by atoms with Crippen molar-refractivity contribution in [3.63, 3.8) is 0 Å². The lowest BCUT2D eigenvalue weighted by Crippen LogP contribution is -2.19. The predicted molar refractivity (Wildman–Crippen MR) is 55.6 cm³/mol. The Labute approximate surface area is 81.3 Å². The van der Waals surface area contributed by atoms with Crippen LogP contribution in [0.3, 0.4) is 0 Å². The first kappa shape index (κ1) is 14.9. The molecular formula is C10H23NO2. The molecule has 0 radical (unpaired) electrons. The van der Waals surface area contributed by atoms with Crippen molar-refractivity contribution in [2.75, 3.05) is 6.54 Å². The maximum absolute atomic E-state index is 10.3. The van der Waals surface area contributed by atoms with Crippen molar-refractivity contribution in [3.8, 4) is 0 Å². The van der Waals surface area contributed by atoms with Crippen LogP contribution in [0.4, 0.5) is 0 Å². The van der Waals surface area contributed by atoms with Crippen molar-refractivity contribution in [1.82, 2.24) is 0 Å². The zero-order valence-electron chi connectivity index (χ0n) is 9.21. The fourth-order valence-corrected chi connectivity index (χ4v) is 1.18. The average Bonchev–Trinajstić information content (AvgIpc) is 2.05. The molecule has 0 aliphatic rings. The SMILES string of the molecule is CC.CC(C)C[C@H](CN)CC(=O)O. The maximum Gasteiger partial charge on any atom is 0.303 e. The number of hydrogen-bond donors (Lipinski definition) is 2. The molecule has 0 aliphatic heterocycles. The molecule has 0 heterocycles. The van der Waals surface area contributed by atoms with E-state index in [-0.39, 0.29) is 12.3 Å². The first-order valence-electron chi connectivity index (χ1n) is 4.98. The summed E-state index contributed by atoms with van der Waals surface area (Å²) in [6.45, 7) is 8.62. The number of nitrogens with two attached hydrogens (primary N) is 1. The van der Waals surface area contributed by atoms with Crippen molar-refractivity contribution in [2.24, 2.45) is 17.6 Å². The number of hydrogen-bond acceptors (Lipinski definition) is 2. The summed E-state index contributed by atoms with van der Waals surface area (Å²) in [6.07, 6.45) is 1.11. The van der Waals surface area contributed by atoms with E-state index in [2.05, 4.69) is 13.8 Å². The summed E-state index contributed by atoms with van der Waals surface area (Å²) in [4.78, 5) is 10.3. The third kappa shape index (κ3) is 11.4. The Morgan fingerprint density at radius 2 is 1.85 bits per heavy atom. The van der Waals surface area contributed by atoms with Gasteiger partial charge in [-0.25, -0.2) is 0 Å². The Morgan fingerprint density at radius 1 is 1.38 bits per heavy atom. The minimum absolute atomic E-state index is 0.146. The lowest BCUT2D eigenvalue weighted by atomic mass is 9.94. The van der Waals surface area contributed by atoms with Crippen molar-refractivity contribution < 1.29 is 9.90 Å². The van der Waals surface area contributed by atoms with Gasteiger partial charge in [-0.05, 0) is 24.8 Å². The first-order valence-corrected chi connectivity index (χ1v) is 4.98. The molecule has 3 heteroatoms. The normalized spacial score (nSPS) is 11.8. The van der Waals surface area contributed by atoms with E-state index >= 15 is 0 Å². The van der Waals surface area contributed by atoms with Crippen LogP contribution in [-0.4, -0.2) is 17.6 Å². The summed E-state index contributed by atoms with van der Waals surface area (Å²) in [5, 5.41) is 8.47. The Morgan fingerprint density at radius 3 is 2.08 bits per heavy atom. The monoisotopic (exact) mass is 189 g/mol. The van der Waals surface area contributed by atoms with Gasteiger partial charge in [0.1, 0.15) is 0 Å². The van der Waals surface area contributed by atoms with Crippen LogP contribution in [0, 0.1) is 11.8 Å². The molecule has 0 amide bonds. The molecule has 0 saturated heterocycles. The summed E-state index contributed by atoms with van der Waals surface area (Å²) in [5.74, 6) is -0.0727. The summed E-state index contributed by atoms with van der Waals surface area (Å²) >= 11 is 0. The quantitative estimate of drug-likeness (QED) is 0.696. The second kappa shape index (κ2) is 9.52. The van der Waals surface area contributed by atoms with Crippen LogP contribution in [0.1, 0.15) is 40.5 Å². The van der Waals surface area contributed by atoms with Gasteiger partial charge < -0.3 is 10.8 Å². The topological polar surface area (TPSA) is 63.3 Å². The van der Waals surface area contributed by atoms with Gasteiger partial charge in [0.2, 0.25) is 0 Å². The minimum atomic E-state index is -0.749. The van der Waals surface area contributed by atoms with Crippen molar-refractivity contribution >= 4 is 5.97 Å². The second-order valence-corrected chi connectivity index (χ2v) is 3.33. The van der Waals surface area contributed by atoms with E-state index in [9.17, 15) is 4.79 Å². The molecule has 0 rings (SSSR count). The molecule has 0 aliphatic carbocycles. The van der Waals surface area contributed by atoms with Gasteiger partial charge in [-0.1, -0.05) is 27.7 Å². The lowest BCUT2D eigenvalue weighted by Gasteiger charge is -2.13. The smallest absolute Gasteiger partial charge is 0.303 e. The van der Waals surface area contributed by atoms with E-state index in [0.717, 1.165) is 6.42 Å². The molecule has 80 valence electrons. The van der Waals surface area contributed by atoms with Crippen LogP contribution in [-0.2, 0) is 4.79 Å². The highest BCUT2D eigenvalue weighted by Crippen LogP contribution is 2.13. The molecule has 0 aromatic carbocycles. The van der Waals surface area contributed by atoms with Gasteiger partial charge >= 0.3 is 5.97 Å². The Kier molecular flexibility index (Phi) is 10.9. The highest BCUT2D eigenvalue weighted by molar-refractivity contribution is 5.67. The molecule has 0 fully saturated rings. The van der Waals surface area contributed by atoms with E-state index in [1.54, 1.807) is 0 Å². The molecule has 0 bridgehead atoms. The molecule has 3 nitrogen and oxygen atoms in total. The number of rotatable bonds is 5. The summed E-state index contributed by atoms with van der Waals surface area (Å²) in [5.41, 5.74) is 5.41. The van der Waals surface area contributed by atoms with Crippen LogP contribution in [0.5, 0.6) is 0 Å². The summed E-state index contributed by atoms with van der Waals surface area (Å²) in [6, 6.07) is 0. The fourth-order valence-electron chi connectivity index (χ4n) is 1.18. The van der Waals surface area contributed by atoms with Crippen LogP contribution in [0.15, 0.2) is 0 Å². The van der Waals surface area contributed by atoms with E-state index in [4.69, 9.17) is 10.8 Å². The zero-order chi connectivity index (χ0) is 10.9. The lowest BCUT2D eigenvalue weighted by molar-refractivity contribution is -0.138. The van der Waals surface area contributed by atoms with Crippen LogP contribution in [0.25, 0.3) is 0 Å². The van der Waals surface area contributed by atoms with E-state index in [1.165, 1.54) is 0 Å². The molecule has 0 aromatic heterocycles. The Balaban J connectivity index is 0. The maximum atomic E-state index is 10.3. The highest BCUT2D eigenvalue weighted by atomic mass is 16.4. The third-order valence-electron chi connectivity index (χ3n) is 1.60.